The predicted molar refractivity (Wildman–Crippen MR) is 79.7 cm³/mol. The Morgan fingerprint density at radius 2 is 2.00 bits per heavy atom. The molecule has 0 aromatic heterocycles. The molecule has 1 unspecified atom stereocenters. The fourth-order valence-corrected chi connectivity index (χ4v) is 1.82. The van der Waals surface area contributed by atoms with Crippen LogP contribution < -0.4 is 10.1 Å². The summed E-state index contributed by atoms with van der Waals surface area (Å²) in [6.07, 6.45) is 1.02. The molecule has 1 aromatic carbocycles. The highest BCUT2D eigenvalue weighted by molar-refractivity contribution is 5.31. The fourth-order valence-electron chi connectivity index (χ4n) is 1.82. The van der Waals surface area contributed by atoms with E-state index in [0.29, 0.717) is 6.61 Å². The molecule has 1 rings (SSSR count). The van der Waals surface area contributed by atoms with Crippen molar-refractivity contribution in [1.82, 2.24) is 5.32 Å². The first-order valence-electron chi connectivity index (χ1n) is 7.08. The molecule has 0 radical (unpaired) electrons. The summed E-state index contributed by atoms with van der Waals surface area (Å²) in [5.74, 6) is -0.0798. The smallest absolute Gasteiger partial charge is 0.165 e. The van der Waals surface area contributed by atoms with Crippen LogP contribution in [0.4, 0.5) is 4.39 Å². The zero-order valence-electron chi connectivity index (χ0n) is 13.1. The minimum absolute atomic E-state index is 0.0189. The SMILES string of the molecule is CCCNC(COC(C)(C)C)c1ccc(OC)c(F)c1. The molecule has 1 aromatic rings. The second kappa shape index (κ2) is 7.60. The van der Waals surface area contributed by atoms with Gasteiger partial charge in [0, 0.05) is 0 Å². The van der Waals surface area contributed by atoms with Crippen LogP contribution in [0.15, 0.2) is 18.2 Å². The number of rotatable bonds is 7. The molecule has 0 aliphatic carbocycles. The van der Waals surface area contributed by atoms with Crippen molar-refractivity contribution in [2.45, 2.75) is 45.8 Å². The highest BCUT2D eigenvalue weighted by atomic mass is 19.1. The Hall–Kier alpha value is -1.13. The molecule has 0 saturated heterocycles. The first-order valence-corrected chi connectivity index (χ1v) is 7.08. The van der Waals surface area contributed by atoms with Crippen LogP contribution in [0, 0.1) is 5.82 Å². The van der Waals surface area contributed by atoms with E-state index in [1.54, 1.807) is 6.07 Å². The second-order valence-corrected chi connectivity index (χ2v) is 5.82. The van der Waals surface area contributed by atoms with E-state index in [0.717, 1.165) is 18.5 Å². The zero-order valence-corrected chi connectivity index (χ0v) is 13.1. The molecule has 0 bridgehead atoms. The third-order valence-electron chi connectivity index (χ3n) is 2.90. The quantitative estimate of drug-likeness (QED) is 0.828. The maximum absolute atomic E-state index is 13.8. The van der Waals surface area contributed by atoms with E-state index in [1.165, 1.54) is 13.2 Å². The van der Waals surface area contributed by atoms with Crippen molar-refractivity contribution >= 4 is 0 Å². The van der Waals surface area contributed by atoms with Gasteiger partial charge in [-0.05, 0) is 51.4 Å². The van der Waals surface area contributed by atoms with Gasteiger partial charge in [0.1, 0.15) is 0 Å². The van der Waals surface area contributed by atoms with E-state index in [-0.39, 0.29) is 23.2 Å². The number of ether oxygens (including phenoxy) is 2. The maximum Gasteiger partial charge on any atom is 0.165 e. The summed E-state index contributed by atoms with van der Waals surface area (Å²) in [5, 5.41) is 3.39. The third-order valence-corrected chi connectivity index (χ3v) is 2.90. The van der Waals surface area contributed by atoms with Crippen LogP contribution in [0.2, 0.25) is 0 Å². The van der Waals surface area contributed by atoms with Crippen LogP contribution in [0.5, 0.6) is 5.75 Å². The molecule has 0 spiro atoms. The standard InChI is InChI=1S/C16H26FNO2/c1-6-9-18-14(11-20-16(2,3)4)12-7-8-15(19-5)13(17)10-12/h7-8,10,14,18H,6,9,11H2,1-5H3. The molecular weight excluding hydrogens is 257 g/mol. The summed E-state index contributed by atoms with van der Waals surface area (Å²) in [6, 6.07) is 5.02. The zero-order chi connectivity index (χ0) is 15.2. The van der Waals surface area contributed by atoms with Gasteiger partial charge in [-0.15, -0.1) is 0 Å². The molecule has 4 heteroatoms. The number of benzene rings is 1. The van der Waals surface area contributed by atoms with E-state index in [2.05, 4.69) is 12.2 Å². The lowest BCUT2D eigenvalue weighted by Gasteiger charge is -2.25. The number of nitrogens with one attached hydrogen (secondary N) is 1. The van der Waals surface area contributed by atoms with Crippen LogP contribution in [0.1, 0.15) is 45.7 Å². The van der Waals surface area contributed by atoms with Crippen molar-refractivity contribution in [3.8, 4) is 5.75 Å². The number of hydrogen-bond acceptors (Lipinski definition) is 3. The van der Waals surface area contributed by atoms with Crippen molar-refractivity contribution in [2.75, 3.05) is 20.3 Å². The monoisotopic (exact) mass is 283 g/mol. The van der Waals surface area contributed by atoms with Crippen molar-refractivity contribution in [3.63, 3.8) is 0 Å². The Morgan fingerprint density at radius 3 is 2.50 bits per heavy atom. The summed E-state index contributed by atoms with van der Waals surface area (Å²) in [4.78, 5) is 0. The molecule has 0 saturated carbocycles. The lowest BCUT2D eigenvalue weighted by atomic mass is 10.1. The fraction of sp³-hybridized carbons (Fsp3) is 0.625. The van der Waals surface area contributed by atoms with Gasteiger partial charge in [0.25, 0.3) is 0 Å². The highest BCUT2D eigenvalue weighted by Gasteiger charge is 2.18. The summed E-state index contributed by atoms with van der Waals surface area (Å²) in [7, 11) is 1.47. The normalized spacial score (nSPS) is 13.3. The number of halogens is 1. The molecule has 0 aliphatic heterocycles. The molecule has 1 atom stereocenters. The molecule has 3 nitrogen and oxygen atoms in total. The minimum atomic E-state index is -0.343. The second-order valence-electron chi connectivity index (χ2n) is 5.82. The lowest BCUT2D eigenvalue weighted by molar-refractivity contribution is -0.0148. The Labute approximate surface area is 121 Å². The van der Waals surface area contributed by atoms with Gasteiger partial charge in [0.15, 0.2) is 11.6 Å². The number of methoxy groups -OCH3 is 1. The van der Waals surface area contributed by atoms with E-state index in [4.69, 9.17) is 9.47 Å². The molecule has 0 heterocycles. The van der Waals surface area contributed by atoms with Gasteiger partial charge in [-0.2, -0.15) is 0 Å². The van der Waals surface area contributed by atoms with Gasteiger partial charge in [-0.3, -0.25) is 0 Å². The van der Waals surface area contributed by atoms with Crippen LogP contribution in [0.25, 0.3) is 0 Å². The lowest BCUT2D eigenvalue weighted by Crippen LogP contribution is -2.30. The highest BCUT2D eigenvalue weighted by Crippen LogP contribution is 2.23. The van der Waals surface area contributed by atoms with Crippen LogP contribution in [-0.4, -0.2) is 25.9 Å². The number of hydrogen-bond donors (Lipinski definition) is 1. The molecule has 0 aliphatic rings. The molecule has 114 valence electrons. The molecule has 1 N–H and O–H groups in total. The van der Waals surface area contributed by atoms with Crippen LogP contribution in [-0.2, 0) is 4.74 Å². The summed E-state index contributed by atoms with van der Waals surface area (Å²) >= 11 is 0. The maximum atomic E-state index is 13.8. The Balaban J connectivity index is 2.83. The van der Waals surface area contributed by atoms with Gasteiger partial charge in [-0.1, -0.05) is 13.0 Å². The van der Waals surface area contributed by atoms with Crippen LogP contribution in [0.3, 0.4) is 0 Å². The average Bonchev–Trinajstić information content (AvgIpc) is 2.37. The summed E-state index contributed by atoms with van der Waals surface area (Å²) < 4.78 is 24.6. The summed E-state index contributed by atoms with van der Waals surface area (Å²) in [5.41, 5.74) is 0.665. The van der Waals surface area contributed by atoms with Crippen molar-refractivity contribution in [1.29, 1.82) is 0 Å². The molecule has 20 heavy (non-hydrogen) atoms. The topological polar surface area (TPSA) is 30.5 Å². The van der Waals surface area contributed by atoms with Gasteiger partial charge in [-0.25, -0.2) is 4.39 Å². The molecule has 0 amide bonds. The van der Waals surface area contributed by atoms with Gasteiger partial charge >= 0.3 is 0 Å². The van der Waals surface area contributed by atoms with Gasteiger partial charge in [0.2, 0.25) is 0 Å². The van der Waals surface area contributed by atoms with Crippen molar-refractivity contribution < 1.29 is 13.9 Å². The summed E-state index contributed by atoms with van der Waals surface area (Å²) in [6.45, 7) is 9.51. The van der Waals surface area contributed by atoms with Gasteiger partial charge in [0.05, 0.1) is 25.4 Å². The largest absolute Gasteiger partial charge is 0.494 e. The van der Waals surface area contributed by atoms with E-state index in [9.17, 15) is 4.39 Å². The third kappa shape index (κ3) is 5.47. The Kier molecular flexibility index (Phi) is 6.43. The Bertz CT molecular complexity index is 415. The van der Waals surface area contributed by atoms with Crippen molar-refractivity contribution in [3.05, 3.63) is 29.6 Å². The minimum Gasteiger partial charge on any atom is -0.494 e. The molecular formula is C16H26FNO2. The van der Waals surface area contributed by atoms with E-state index >= 15 is 0 Å². The predicted octanol–water partition coefficient (Wildman–Crippen LogP) is 3.69. The molecule has 0 fully saturated rings. The Morgan fingerprint density at radius 1 is 1.30 bits per heavy atom. The average molecular weight is 283 g/mol. The van der Waals surface area contributed by atoms with Crippen molar-refractivity contribution in [2.24, 2.45) is 0 Å². The first kappa shape index (κ1) is 16.9. The van der Waals surface area contributed by atoms with Gasteiger partial charge < -0.3 is 14.8 Å². The first-order chi connectivity index (χ1) is 9.37. The van der Waals surface area contributed by atoms with E-state index in [1.807, 2.05) is 26.8 Å². The van der Waals surface area contributed by atoms with Crippen LogP contribution >= 0.6 is 0 Å². The van der Waals surface area contributed by atoms with E-state index < -0.39 is 0 Å².